The van der Waals surface area contributed by atoms with Crippen LogP contribution in [0.25, 0.3) is 10.1 Å². The average molecular weight is 322 g/mol. The fraction of sp³-hybridized carbons (Fsp3) is 0.467. The summed E-state index contributed by atoms with van der Waals surface area (Å²) in [5.41, 5.74) is 0.419. The Morgan fingerprint density at radius 2 is 2.38 bits per heavy atom. The molecule has 2 aromatic rings. The number of nitrogens with zero attached hydrogens (tertiary/aromatic N) is 2. The third kappa shape index (κ3) is 2.54. The zero-order chi connectivity index (χ0) is 14.4. The van der Waals surface area contributed by atoms with Crippen LogP contribution < -0.4 is 5.32 Å². The summed E-state index contributed by atoms with van der Waals surface area (Å²) in [5, 5.41) is 6.41. The van der Waals surface area contributed by atoms with Crippen molar-refractivity contribution in [2.24, 2.45) is 5.92 Å². The molecule has 1 amide bonds. The molecule has 0 saturated carbocycles. The van der Waals surface area contributed by atoms with Crippen molar-refractivity contribution in [3.05, 3.63) is 28.4 Å². The summed E-state index contributed by atoms with van der Waals surface area (Å²) in [6.45, 7) is 3.32. The van der Waals surface area contributed by atoms with Gasteiger partial charge in [-0.15, -0.1) is 11.3 Å². The number of rotatable bonds is 2. The van der Waals surface area contributed by atoms with Crippen molar-refractivity contribution in [3.8, 4) is 0 Å². The first kappa shape index (κ1) is 13.5. The van der Waals surface area contributed by atoms with Crippen LogP contribution in [0.1, 0.15) is 23.3 Å². The number of halogens is 1. The van der Waals surface area contributed by atoms with Gasteiger partial charge in [0.05, 0.1) is 0 Å². The lowest BCUT2D eigenvalue weighted by Gasteiger charge is -2.30. The first-order chi connectivity index (χ1) is 10.2. The number of hydrogen-bond donors (Lipinski definition) is 1. The van der Waals surface area contributed by atoms with Crippen LogP contribution in [0.2, 0.25) is 5.15 Å². The van der Waals surface area contributed by atoms with E-state index in [1.807, 2.05) is 17.5 Å². The molecule has 110 valence electrons. The van der Waals surface area contributed by atoms with Crippen LogP contribution in [0.15, 0.2) is 17.5 Å². The van der Waals surface area contributed by atoms with Crippen LogP contribution >= 0.6 is 22.9 Å². The van der Waals surface area contributed by atoms with E-state index in [0.29, 0.717) is 10.8 Å². The Morgan fingerprint density at radius 3 is 3.24 bits per heavy atom. The molecule has 0 aromatic carbocycles. The van der Waals surface area contributed by atoms with Gasteiger partial charge in [0.2, 0.25) is 0 Å². The zero-order valence-electron chi connectivity index (χ0n) is 11.5. The van der Waals surface area contributed by atoms with Gasteiger partial charge in [-0.25, -0.2) is 4.98 Å². The molecule has 2 fully saturated rings. The van der Waals surface area contributed by atoms with E-state index in [1.165, 1.54) is 19.5 Å². The highest BCUT2D eigenvalue weighted by Crippen LogP contribution is 2.28. The van der Waals surface area contributed by atoms with Crippen molar-refractivity contribution >= 4 is 38.9 Å². The second kappa shape index (κ2) is 5.23. The molecular formula is C15H16ClN3OS. The van der Waals surface area contributed by atoms with Crippen molar-refractivity contribution in [1.82, 2.24) is 15.2 Å². The lowest BCUT2D eigenvalue weighted by molar-refractivity contribution is 0.0904. The Balaban J connectivity index is 1.53. The Morgan fingerprint density at radius 1 is 1.48 bits per heavy atom. The van der Waals surface area contributed by atoms with Crippen LogP contribution in [-0.4, -0.2) is 41.5 Å². The minimum Gasteiger partial charge on any atom is -0.347 e. The van der Waals surface area contributed by atoms with Gasteiger partial charge in [0.15, 0.2) is 0 Å². The third-order valence-corrected chi connectivity index (χ3v) is 5.59. The molecule has 4 rings (SSSR count). The van der Waals surface area contributed by atoms with E-state index in [0.717, 1.165) is 29.0 Å². The second-order valence-electron chi connectivity index (χ2n) is 5.95. The predicted octanol–water partition coefficient (Wildman–Crippen LogP) is 2.77. The van der Waals surface area contributed by atoms with Crippen LogP contribution in [0, 0.1) is 5.92 Å². The standard InChI is InChI=1S/C15H16ClN3OS/c16-14-11-2-4-21-13(11)6-12(18-14)15(20)17-10-5-9-1-3-19(7-9)8-10/h2,4,6,9-10H,1,3,5,7-8H2,(H,17,20)/t9-,10+/m0/s1. The molecule has 0 radical (unpaired) electrons. The monoisotopic (exact) mass is 321 g/mol. The van der Waals surface area contributed by atoms with E-state index in [9.17, 15) is 4.79 Å². The molecule has 0 aliphatic carbocycles. The fourth-order valence-corrected chi connectivity index (χ4v) is 4.60. The topological polar surface area (TPSA) is 45.2 Å². The van der Waals surface area contributed by atoms with Crippen molar-refractivity contribution in [2.75, 3.05) is 19.6 Å². The number of thiophene rings is 1. The summed E-state index contributed by atoms with van der Waals surface area (Å²) < 4.78 is 1.01. The number of carbonyl (C=O) groups excluding carboxylic acids is 1. The molecule has 6 heteroatoms. The van der Waals surface area contributed by atoms with E-state index in [1.54, 1.807) is 11.3 Å². The maximum atomic E-state index is 12.4. The smallest absolute Gasteiger partial charge is 0.270 e. The summed E-state index contributed by atoms with van der Waals surface area (Å²) in [7, 11) is 0. The molecule has 2 aliphatic heterocycles. The highest BCUT2D eigenvalue weighted by Gasteiger charge is 2.33. The molecule has 4 nitrogen and oxygen atoms in total. The van der Waals surface area contributed by atoms with E-state index in [4.69, 9.17) is 11.6 Å². The van der Waals surface area contributed by atoms with Crippen molar-refractivity contribution < 1.29 is 4.79 Å². The highest BCUT2D eigenvalue weighted by atomic mass is 35.5. The van der Waals surface area contributed by atoms with Gasteiger partial charge in [0, 0.05) is 29.2 Å². The van der Waals surface area contributed by atoms with Crippen LogP contribution in [-0.2, 0) is 0 Å². The molecule has 2 aromatic heterocycles. The van der Waals surface area contributed by atoms with E-state index >= 15 is 0 Å². The number of carbonyl (C=O) groups is 1. The number of pyridine rings is 1. The van der Waals surface area contributed by atoms with Crippen molar-refractivity contribution in [1.29, 1.82) is 0 Å². The third-order valence-electron chi connectivity index (χ3n) is 4.44. The first-order valence-electron chi connectivity index (χ1n) is 7.26. The van der Waals surface area contributed by atoms with Gasteiger partial charge in [0.1, 0.15) is 10.8 Å². The van der Waals surface area contributed by atoms with Gasteiger partial charge in [-0.05, 0) is 42.8 Å². The molecule has 4 heterocycles. The Hall–Kier alpha value is -1.17. The fourth-order valence-electron chi connectivity index (χ4n) is 3.47. The number of fused-ring (bicyclic) bond motifs is 3. The zero-order valence-corrected chi connectivity index (χ0v) is 13.1. The van der Waals surface area contributed by atoms with Crippen LogP contribution in [0.3, 0.4) is 0 Å². The highest BCUT2D eigenvalue weighted by molar-refractivity contribution is 7.17. The van der Waals surface area contributed by atoms with Gasteiger partial charge in [-0.1, -0.05) is 11.6 Å². The Bertz CT molecular complexity index is 689. The minimum atomic E-state index is -0.111. The molecule has 2 saturated heterocycles. The second-order valence-corrected chi connectivity index (χ2v) is 7.26. The molecule has 2 aliphatic rings. The van der Waals surface area contributed by atoms with Crippen LogP contribution in [0.4, 0.5) is 0 Å². The summed E-state index contributed by atoms with van der Waals surface area (Å²) in [5.74, 6) is 0.625. The number of hydrogen-bond acceptors (Lipinski definition) is 4. The average Bonchev–Trinajstić information content (AvgIpc) is 3.05. The predicted molar refractivity (Wildman–Crippen MR) is 85.0 cm³/mol. The maximum Gasteiger partial charge on any atom is 0.270 e. The maximum absolute atomic E-state index is 12.4. The Kier molecular flexibility index (Phi) is 3.36. The minimum absolute atomic E-state index is 0.111. The normalized spacial score (nSPS) is 28.0. The van der Waals surface area contributed by atoms with E-state index in [-0.39, 0.29) is 11.9 Å². The lowest BCUT2D eigenvalue weighted by Crippen LogP contribution is -2.47. The SMILES string of the molecule is O=C(N[C@@H]1C[C@@H]2CCN(C2)C1)c1cc2sccc2c(Cl)n1. The summed E-state index contributed by atoms with van der Waals surface area (Å²) in [4.78, 5) is 19.1. The number of nitrogens with one attached hydrogen (secondary N) is 1. The molecule has 0 spiro atoms. The van der Waals surface area contributed by atoms with Crippen molar-refractivity contribution in [3.63, 3.8) is 0 Å². The number of aromatic nitrogens is 1. The number of piperidine rings is 1. The van der Waals surface area contributed by atoms with Gasteiger partial charge in [0.25, 0.3) is 5.91 Å². The van der Waals surface area contributed by atoms with Gasteiger partial charge < -0.3 is 10.2 Å². The molecule has 2 bridgehead atoms. The quantitative estimate of drug-likeness (QED) is 0.865. The summed E-state index contributed by atoms with van der Waals surface area (Å²) in [6.07, 6.45) is 2.34. The number of amides is 1. The molecular weight excluding hydrogens is 306 g/mol. The van der Waals surface area contributed by atoms with E-state index in [2.05, 4.69) is 15.2 Å². The van der Waals surface area contributed by atoms with Gasteiger partial charge >= 0.3 is 0 Å². The molecule has 1 unspecified atom stereocenters. The molecule has 3 atom stereocenters. The van der Waals surface area contributed by atoms with Gasteiger partial charge in [-0.2, -0.15) is 0 Å². The van der Waals surface area contributed by atoms with E-state index < -0.39 is 0 Å². The summed E-state index contributed by atoms with van der Waals surface area (Å²) >= 11 is 7.73. The molecule has 1 N–H and O–H groups in total. The van der Waals surface area contributed by atoms with Crippen LogP contribution in [0.5, 0.6) is 0 Å². The Labute approximate surface area is 132 Å². The van der Waals surface area contributed by atoms with Crippen molar-refractivity contribution in [2.45, 2.75) is 18.9 Å². The molecule has 21 heavy (non-hydrogen) atoms. The van der Waals surface area contributed by atoms with Gasteiger partial charge in [-0.3, -0.25) is 4.79 Å². The summed E-state index contributed by atoms with van der Waals surface area (Å²) in [6, 6.07) is 4.00. The first-order valence-corrected chi connectivity index (χ1v) is 8.52. The lowest BCUT2D eigenvalue weighted by atomic mass is 9.97. The largest absolute Gasteiger partial charge is 0.347 e.